The predicted octanol–water partition coefficient (Wildman–Crippen LogP) is 3.88. The average Bonchev–Trinajstić information content (AvgIpc) is 3.22. The SMILES string of the molecule is CN(C)c1cccc(-c2nnc(-c3cnc4onc(C5CC5)c4c3)o2)c1. The number of rotatable bonds is 4. The fraction of sp³-hybridized carbons (Fsp3) is 0.263. The molecule has 3 aromatic heterocycles. The molecule has 1 fully saturated rings. The van der Waals surface area contributed by atoms with Gasteiger partial charge in [-0.2, -0.15) is 0 Å². The maximum Gasteiger partial charge on any atom is 0.257 e. The van der Waals surface area contributed by atoms with Gasteiger partial charge >= 0.3 is 0 Å². The van der Waals surface area contributed by atoms with E-state index in [1.54, 1.807) is 6.20 Å². The van der Waals surface area contributed by atoms with E-state index < -0.39 is 0 Å². The lowest BCUT2D eigenvalue weighted by Crippen LogP contribution is -2.08. The highest BCUT2D eigenvalue weighted by Gasteiger charge is 2.29. The van der Waals surface area contributed by atoms with Gasteiger partial charge in [0.15, 0.2) is 0 Å². The minimum Gasteiger partial charge on any atom is -0.416 e. The molecule has 1 aromatic carbocycles. The van der Waals surface area contributed by atoms with Crippen LogP contribution in [-0.4, -0.2) is 34.4 Å². The van der Waals surface area contributed by atoms with Crippen molar-refractivity contribution in [3.63, 3.8) is 0 Å². The molecular weight excluding hydrogens is 330 g/mol. The Balaban J connectivity index is 1.53. The molecule has 0 radical (unpaired) electrons. The number of pyridine rings is 1. The van der Waals surface area contributed by atoms with Gasteiger partial charge in [-0.15, -0.1) is 10.2 Å². The number of hydrogen-bond acceptors (Lipinski definition) is 7. The molecule has 0 atom stereocenters. The van der Waals surface area contributed by atoms with Gasteiger partial charge in [-0.1, -0.05) is 11.2 Å². The first-order valence-corrected chi connectivity index (χ1v) is 8.56. The smallest absolute Gasteiger partial charge is 0.257 e. The Morgan fingerprint density at radius 2 is 1.85 bits per heavy atom. The molecular formula is C19H17N5O2. The van der Waals surface area contributed by atoms with Crippen molar-refractivity contribution in [2.24, 2.45) is 0 Å². The summed E-state index contributed by atoms with van der Waals surface area (Å²) in [5.41, 5.74) is 4.25. The number of aromatic nitrogens is 4. The van der Waals surface area contributed by atoms with Crippen molar-refractivity contribution in [1.29, 1.82) is 0 Å². The van der Waals surface area contributed by atoms with Gasteiger partial charge in [0.25, 0.3) is 5.71 Å². The zero-order valence-corrected chi connectivity index (χ0v) is 14.5. The van der Waals surface area contributed by atoms with Crippen LogP contribution in [0.2, 0.25) is 0 Å². The lowest BCUT2D eigenvalue weighted by atomic mass is 10.1. The molecule has 130 valence electrons. The molecule has 0 amide bonds. The van der Waals surface area contributed by atoms with Gasteiger partial charge in [0, 0.05) is 37.5 Å². The summed E-state index contributed by atoms with van der Waals surface area (Å²) in [5, 5.41) is 13.5. The van der Waals surface area contributed by atoms with Crippen molar-refractivity contribution in [2.45, 2.75) is 18.8 Å². The van der Waals surface area contributed by atoms with Crippen LogP contribution in [-0.2, 0) is 0 Å². The van der Waals surface area contributed by atoms with Crippen molar-refractivity contribution in [2.75, 3.05) is 19.0 Å². The minimum absolute atomic E-state index is 0.438. The van der Waals surface area contributed by atoms with E-state index in [1.165, 1.54) is 0 Å². The largest absolute Gasteiger partial charge is 0.416 e. The van der Waals surface area contributed by atoms with Crippen LogP contribution >= 0.6 is 0 Å². The molecule has 7 nitrogen and oxygen atoms in total. The molecule has 3 heterocycles. The Morgan fingerprint density at radius 3 is 2.62 bits per heavy atom. The van der Waals surface area contributed by atoms with Crippen molar-refractivity contribution in [1.82, 2.24) is 20.3 Å². The topological polar surface area (TPSA) is 81.1 Å². The van der Waals surface area contributed by atoms with Crippen LogP contribution in [0.3, 0.4) is 0 Å². The maximum atomic E-state index is 5.90. The molecule has 0 bridgehead atoms. The summed E-state index contributed by atoms with van der Waals surface area (Å²) >= 11 is 0. The normalized spacial score (nSPS) is 14.1. The van der Waals surface area contributed by atoms with E-state index in [-0.39, 0.29) is 0 Å². The van der Waals surface area contributed by atoms with Gasteiger partial charge < -0.3 is 13.8 Å². The van der Waals surface area contributed by atoms with Crippen molar-refractivity contribution >= 4 is 16.8 Å². The third kappa shape index (κ3) is 2.52. The summed E-state index contributed by atoms with van der Waals surface area (Å²) in [7, 11) is 3.99. The van der Waals surface area contributed by atoms with Crippen LogP contribution in [0.15, 0.2) is 45.5 Å². The molecule has 1 aliphatic carbocycles. The fourth-order valence-electron chi connectivity index (χ4n) is 2.99. The van der Waals surface area contributed by atoms with Gasteiger partial charge in [-0.25, -0.2) is 4.98 Å². The Kier molecular flexibility index (Phi) is 3.28. The number of benzene rings is 1. The zero-order valence-electron chi connectivity index (χ0n) is 14.5. The van der Waals surface area contributed by atoms with Gasteiger partial charge in [0.2, 0.25) is 11.8 Å². The van der Waals surface area contributed by atoms with E-state index in [9.17, 15) is 0 Å². The van der Waals surface area contributed by atoms with Gasteiger partial charge in [0.1, 0.15) is 0 Å². The summed E-state index contributed by atoms with van der Waals surface area (Å²) < 4.78 is 11.2. The average molecular weight is 347 g/mol. The third-order valence-electron chi connectivity index (χ3n) is 4.60. The number of fused-ring (bicyclic) bond motifs is 1. The summed E-state index contributed by atoms with van der Waals surface area (Å²) in [5.74, 6) is 1.41. The third-order valence-corrected chi connectivity index (χ3v) is 4.60. The Hall–Kier alpha value is -3.22. The van der Waals surface area contributed by atoms with E-state index in [0.29, 0.717) is 23.4 Å². The van der Waals surface area contributed by atoms with Crippen molar-refractivity contribution in [3.05, 3.63) is 42.2 Å². The Bertz CT molecular complexity index is 1090. The maximum absolute atomic E-state index is 5.90. The molecule has 0 N–H and O–H groups in total. The van der Waals surface area contributed by atoms with Gasteiger partial charge in [-0.3, -0.25) is 0 Å². The Morgan fingerprint density at radius 1 is 1.04 bits per heavy atom. The van der Waals surface area contributed by atoms with Crippen LogP contribution in [0.25, 0.3) is 34.0 Å². The molecule has 4 aromatic rings. The second-order valence-electron chi connectivity index (χ2n) is 6.78. The minimum atomic E-state index is 0.438. The standard InChI is InChI=1S/C19H17N5O2/c1-24(2)14-5-3-4-12(8-14)17-21-22-18(25-17)13-9-15-16(11-6-7-11)23-26-19(15)20-10-13/h3-5,8-11H,6-7H2,1-2H3. The van der Waals surface area contributed by atoms with Crippen LogP contribution in [0.1, 0.15) is 24.5 Å². The summed E-state index contributed by atoms with van der Waals surface area (Å²) in [6, 6.07) is 9.95. The predicted molar refractivity (Wildman–Crippen MR) is 96.8 cm³/mol. The first-order valence-electron chi connectivity index (χ1n) is 8.56. The first kappa shape index (κ1) is 15.1. The summed E-state index contributed by atoms with van der Waals surface area (Å²) in [6.07, 6.45) is 3.98. The zero-order chi connectivity index (χ0) is 17.7. The quantitative estimate of drug-likeness (QED) is 0.554. The van der Waals surface area contributed by atoms with E-state index in [2.05, 4.69) is 20.3 Å². The Labute approximate surface area is 149 Å². The van der Waals surface area contributed by atoms with Crippen LogP contribution in [0.4, 0.5) is 5.69 Å². The van der Waals surface area contributed by atoms with E-state index in [0.717, 1.165) is 40.7 Å². The van der Waals surface area contributed by atoms with E-state index >= 15 is 0 Å². The lowest BCUT2D eigenvalue weighted by molar-refractivity contribution is 0.439. The highest BCUT2D eigenvalue weighted by molar-refractivity contribution is 5.81. The second-order valence-corrected chi connectivity index (χ2v) is 6.78. The monoisotopic (exact) mass is 347 g/mol. The molecule has 0 aliphatic heterocycles. The fourth-order valence-corrected chi connectivity index (χ4v) is 2.99. The molecule has 26 heavy (non-hydrogen) atoms. The molecule has 1 aliphatic rings. The molecule has 0 saturated heterocycles. The van der Waals surface area contributed by atoms with Crippen LogP contribution in [0, 0.1) is 0 Å². The molecule has 5 rings (SSSR count). The first-order chi connectivity index (χ1) is 12.7. The molecule has 0 spiro atoms. The molecule has 0 unspecified atom stereocenters. The van der Waals surface area contributed by atoms with Crippen molar-refractivity contribution < 1.29 is 8.94 Å². The highest BCUT2D eigenvalue weighted by Crippen LogP contribution is 2.42. The molecule has 7 heteroatoms. The van der Waals surface area contributed by atoms with Gasteiger partial charge in [0.05, 0.1) is 16.6 Å². The number of nitrogens with zero attached hydrogens (tertiary/aromatic N) is 5. The highest BCUT2D eigenvalue weighted by atomic mass is 16.5. The molecule has 1 saturated carbocycles. The van der Waals surface area contributed by atoms with Crippen molar-refractivity contribution in [3.8, 4) is 22.9 Å². The number of anilines is 1. The summed E-state index contributed by atoms with van der Waals surface area (Å²) in [6.45, 7) is 0. The second kappa shape index (κ2) is 5.66. The van der Waals surface area contributed by atoms with Gasteiger partial charge in [-0.05, 0) is 37.1 Å². The summed E-state index contributed by atoms with van der Waals surface area (Å²) in [4.78, 5) is 6.38. The van der Waals surface area contributed by atoms with Crippen LogP contribution in [0.5, 0.6) is 0 Å². The van der Waals surface area contributed by atoms with Crippen LogP contribution < -0.4 is 4.90 Å². The number of hydrogen-bond donors (Lipinski definition) is 0. The van der Waals surface area contributed by atoms with E-state index in [1.807, 2.05) is 49.3 Å². The lowest BCUT2D eigenvalue weighted by Gasteiger charge is -2.12. The van der Waals surface area contributed by atoms with E-state index in [4.69, 9.17) is 8.94 Å².